The predicted octanol–water partition coefficient (Wildman–Crippen LogP) is 4.10. The lowest BCUT2D eigenvalue weighted by molar-refractivity contribution is -0.136. The number of rotatable bonds is 4. The van der Waals surface area contributed by atoms with E-state index in [-0.39, 0.29) is 6.61 Å². The van der Waals surface area contributed by atoms with Crippen molar-refractivity contribution < 1.29 is 13.9 Å². The summed E-state index contributed by atoms with van der Waals surface area (Å²) >= 11 is 6.09. The van der Waals surface area contributed by atoms with E-state index in [0.717, 1.165) is 11.1 Å². The lowest BCUT2D eigenvalue weighted by atomic mass is 10.1. The molecule has 0 atom stereocenters. The molecule has 0 fully saturated rings. The van der Waals surface area contributed by atoms with E-state index in [9.17, 15) is 4.79 Å². The van der Waals surface area contributed by atoms with Crippen LogP contribution in [-0.4, -0.2) is 12.6 Å². The molecule has 1 aromatic heterocycles. The molecule has 0 bridgehead atoms. The second-order valence-corrected chi connectivity index (χ2v) is 4.67. The lowest BCUT2D eigenvalue weighted by Gasteiger charge is -2.03. The van der Waals surface area contributed by atoms with E-state index < -0.39 is 5.97 Å². The highest BCUT2D eigenvalue weighted by Crippen LogP contribution is 2.29. The van der Waals surface area contributed by atoms with Crippen molar-refractivity contribution in [3.8, 4) is 23.7 Å². The number of ether oxygens (including phenoxy) is 1. The second kappa shape index (κ2) is 6.83. The molecule has 0 unspecified atom stereocenters. The summed E-state index contributed by atoms with van der Waals surface area (Å²) in [5.41, 5.74) is 1.86. The van der Waals surface area contributed by atoms with Gasteiger partial charge in [0.05, 0.1) is 0 Å². The van der Waals surface area contributed by atoms with Crippen LogP contribution >= 0.6 is 11.6 Å². The number of carbonyl (C=O) groups excluding carboxylic acids is 1. The molecule has 106 valence electrons. The molecular formula is C17H13ClO3. The first-order valence-electron chi connectivity index (χ1n) is 6.25. The van der Waals surface area contributed by atoms with Crippen LogP contribution in [0.4, 0.5) is 0 Å². The third kappa shape index (κ3) is 3.77. The first kappa shape index (κ1) is 15.0. The van der Waals surface area contributed by atoms with Crippen molar-refractivity contribution in [2.24, 2.45) is 0 Å². The van der Waals surface area contributed by atoms with Gasteiger partial charge in [-0.2, -0.15) is 0 Å². The average Bonchev–Trinajstić information content (AvgIpc) is 2.94. The number of benzene rings is 1. The monoisotopic (exact) mass is 300 g/mol. The summed E-state index contributed by atoms with van der Waals surface area (Å²) in [5, 5.41) is 0.679. The summed E-state index contributed by atoms with van der Waals surface area (Å²) in [6.45, 7) is 1.88. The third-order valence-electron chi connectivity index (χ3n) is 2.84. The van der Waals surface area contributed by atoms with Gasteiger partial charge in [0.15, 0.2) is 6.61 Å². The van der Waals surface area contributed by atoms with Gasteiger partial charge >= 0.3 is 5.97 Å². The predicted molar refractivity (Wildman–Crippen MR) is 82.7 cm³/mol. The molecule has 2 rings (SSSR count). The van der Waals surface area contributed by atoms with Gasteiger partial charge in [-0.3, -0.25) is 0 Å². The molecule has 4 heteroatoms. The van der Waals surface area contributed by atoms with Crippen LogP contribution in [0, 0.1) is 19.3 Å². The molecule has 0 aliphatic rings. The molecule has 0 saturated heterocycles. The molecule has 3 nitrogen and oxygen atoms in total. The SMILES string of the molecule is C#CCOC(=O)/C=C/c1ccc(-c2cccc(Cl)c2C)o1. The molecule has 0 amide bonds. The van der Waals surface area contributed by atoms with Crippen LogP contribution in [0.25, 0.3) is 17.4 Å². The maximum Gasteiger partial charge on any atom is 0.331 e. The van der Waals surface area contributed by atoms with E-state index in [1.165, 1.54) is 12.2 Å². The molecule has 0 aliphatic heterocycles. The van der Waals surface area contributed by atoms with Gasteiger partial charge in [-0.1, -0.05) is 29.7 Å². The number of terminal acetylenes is 1. The minimum Gasteiger partial charge on any atom is -0.457 e. The van der Waals surface area contributed by atoms with Crippen LogP contribution in [0.2, 0.25) is 5.02 Å². The number of hydrogen-bond acceptors (Lipinski definition) is 3. The average molecular weight is 301 g/mol. The van der Waals surface area contributed by atoms with Crippen molar-refractivity contribution in [2.75, 3.05) is 6.61 Å². The van der Waals surface area contributed by atoms with Crippen LogP contribution in [0.15, 0.2) is 40.8 Å². The first-order chi connectivity index (χ1) is 10.1. The van der Waals surface area contributed by atoms with Gasteiger partial charge in [0.2, 0.25) is 0 Å². The molecule has 2 aromatic rings. The maximum atomic E-state index is 11.3. The van der Waals surface area contributed by atoms with E-state index in [0.29, 0.717) is 16.5 Å². The van der Waals surface area contributed by atoms with Gasteiger partial charge in [0.1, 0.15) is 11.5 Å². The van der Waals surface area contributed by atoms with E-state index in [4.69, 9.17) is 27.2 Å². The lowest BCUT2D eigenvalue weighted by Crippen LogP contribution is -1.99. The zero-order valence-electron chi connectivity index (χ0n) is 11.4. The fourth-order valence-electron chi connectivity index (χ4n) is 1.77. The smallest absolute Gasteiger partial charge is 0.331 e. The number of carbonyl (C=O) groups is 1. The van der Waals surface area contributed by atoms with Crippen LogP contribution in [-0.2, 0) is 9.53 Å². The largest absolute Gasteiger partial charge is 0.457 e. The summed E-state index contributed by atoms with van der Waals surface area (Å²) in [6.07, 6.45) is 7.80. The van der Waals surface area contributed by atoms with Gasteiger partial charge in [0.25, 0.3) is 0 Å². The van der Waals surface area contributed by atoms with E-state index >= 15 is 0 Å². The van der Waals surface area contributed by atoms with E-state index in [1.54, 1.807) is 6.07 Å². The minimum atomic E-state index is -0.509. The van der Waals surface area contributed by atoms with Gasteiger partial charge in [0, 0.05) is 16.7 Å². The Bertz CT molecular complexity index is 720. The summed E-state index contributed by atoms with van der Waals surface area (Å²) in [4.78, 5) is 11.3. The van der Waals surface area contributed by atoms with Crippen LogP contribution in [0.5, 0.6) is 0 Å². The molecule has 0 aliphatic carbocycles. The highest BCUT2D eigenvalue weighted by atomic mass is 35.5. The fraction of sp³-hybridized carbons (Fsp3) is 0.118. The Morgan fingerprint density at radius 2 is 2.24 bits per heavy atom. The molecular weight excluding hydrogens is 288 g/mol. The van der Waals surface area contributed by atoms with Gasteiger partial charge < -0.3 is 9.15 Å². The first-order valence-corrected chi connectivity index (χ1v) is 6.63. The van der Waals surface area contributed by atoms with Crippen molar-refractivity contribution in [1.29, 1.82) is 0 Å². The second-order valence-electron chi connectivity index (χ2n) is 4.26. The quantitative estimate of drug-likeness (QED) is 0.485. The number of hydrogen-bond donors (Lipinski definition) is 0. The Morgan fingerprint density at radius 1 is 1.43 bits per heavy atom. The Balaban J connectivity index is 2.15. The van der Waals surface area contributed by atoms with Crippen LogP contribution in [0.3, 0.4) is 0 Å². The molecule has 0 N–H and O–H groups in total. The van der Waals surface area contributed by atoms with Crippen LogP contribution < -0.4 is 0 Å². The highest BCUT2D eigenvalue weighted by molar-refractivity contribution is 6.31. The fourth-order valence-corrected chi connectivity index (χ4v) is 1.95. The van der Waals surface area contributed by atoms with Crippen molar-refractivity contribution in [2.45, 2.75) is 6.92 Å². The highest BCUT2D eigenvalue weighted by Gasteiger charge is 2.08. The number of halogens is 1. The number of esters is 1. The van der Waals surface area contributed by atoms with E-state index in [1.807, 2.05) is 31.2 Å². The maximum absolute atomic E-state index is 11.3. The molecule has 0 radical (unpaired) electrons. The van der Waals surface area contributed by atoms with Gasteiger partial charge in [-0.05, 0) is 36.8 Å². The van der Waals surface area contributed by atoms with Crippen molar-refractivity contribution in [3.63, 3.8) is 0 Å². The van der Waals surface area contributed by atoms with E-state index in [2.05, 4.69) is 5.92 Å². The molecule has 21 heavy (non-hydrogen) atoms. The standard InChI is InChI=1S/C17H13ClO3/c1-3-11-20-17(19)10-8-13-7-9-16(21-13)14-5-4-6-15(18)12(14)2/h1,4-10H,11H2,2H3/b10-8+. The Labute approximate surface area is 128 Å². The van der Waals surface area contributed by atoms with Crippen LogP contribution in [0.1, 0.15) is 11.3 Å². The Hall–Kier alpha value is -2.44. The molecule has 1 heterocycles. The normalized spacial score (nSPS) is 10.5. The number of furan rings is 1. The summed E-state index contributed by atoms with van der Waals surface area (Å²) in [5.74, 6) is 2.94. The van der Waals surface area contributed by atoms with Crippen molar-refractivity contribution in [1.82, 2.24) is 0 Å². The topological polar surface area (TPSA) is 39.4 Å². The molecule has 0 spiro atoms. The summed E-state index contributed by atoms with van der Waals surface area (Å²) in [7, 11) is 0. The molecule has 1 aromatic carbocycles. The Morgan fingerprint density at radius 3 is 3.00 bits per heavy atom. The van der Waals surface area contributed by atoms with Gasteiger partial charge in [-0.15, -0.1) is 6.42 Å². The third-order valence-corrected chi connectivity index (χ3v) is 3.25. The van der Waals surface area contributed by atoms with Gasteiger partial charge in [-0.25, -0.2) is 4.79 Å². The summed E-state index contributed by atoms with van der Waals surface area (Å²) < 4.78 is 10.4. The zero-order chi connectivity index (χ0) is 15.2. The Kier molecular flexibility index (Phi) is 4.86. The van der Waals surface area contributed by atoms with Crippen molar-refractivity contribution >= 4 is 23.6 Å². The summed E-state index contributed by atoms with van der Waals surface area (Å²) in [6, 6.07) is 9.20. The van der Waals surface area contributed by atoms with Crippen molar-refractivity contribution in [3.05, 3.63) is 52.8 Å². The minimum absolute atomic E-state index is 0.0473. The molecule has 0 saturated carbocycles. The zero-order valence-corrected chi connectivity index (χ0v) is 12.2.